The van der Waals surface area contributed by atoms with E-state index in [2.05, 4.69) is 35.0 Å². The van der Waals surface area contributed by atoms with E-state index >= 15 is 0 Å². The highest BCUT2D eigenvalue weighted by Crippen LogP contribution is 2.54. The highest BCUT2D eigenvalue weighted by molar-refractivity contribution is 9.11. The SMILES string of the molecule is CCCC1CC1(N)c1ccc(Br)s1. The molecule has 1 aliphatic rings. The van der Waals surface area contributed by atoms with Crippen molar-refractivity contribution in [1.29, 1.82) is 0 Å². The van der Waals surface area contributed by atoms with E-state index in [1.807, 2.05) is 0 Å². The van der Waals surface area contributed by atoms with Gasteiger partial charge in [-0.1, -0.05) is 13.3 Å². The maximum atomic E-state index is 6.30. The molecule has 1 saturated carbocycles. The molecule has 2 atom stereocenters. The van der Waals surface area contributed by atoms with Gasteiger partial charge in [-0.2, -0.15) is 0 Å². The van der Waals surface area contributed by atoms with Gasteiger partial charge in [0.25, 0.3) is 0 Å². The van der Waals surface area contributed by atoms with Crippen LogP contribution in [0.1, 0.15) is 31.1 Å². The third-order valence-corrected chi connectivity index (χ3v) is 4.64. The molecule has 13 heavy (non-hydrogen) atoms. The molecule has 0 spiro atoms. The van der Waals surface area contributed by atoms with Crippen molar-refractivity contribution in [2.24, 2.45) is 11.7 Å². The molecule has 1 nitrogen and oxygen atoms in total. The van der Waals surface area contributed by atoms with E-state index < -0.39 is 0 Å². The molecule has 2 rings (SSSR count). The maximum Gasteiger partial charge on any atom is 0.0702 e. The maximum absolute atomic E-state index is 6.30. The highest BCUT2D eigenvalue weighted by atomic mass is 79.9. The lowest BCUT2D eigenvalue weighted by Crippen LogP contribution is -2.20. The van der Waals surface area contributed by atoms with E-state index in [-0.39, 0.29) is 5.54 Å². The van der Waals surface area contributed by atoms with Gasteiger partial charge in [0.2, 0.25) is 0 Å². The lowest BCUT2D eigenvalue weighted by Gasteiger charge is -2.07. The Bertz CT molecular complexity index is 310. The smallest absolute Gasteiger partial charge is 0.0702 e. The first-order chi connectivity index (χ1) is 6.16. The topological polar surface area (TPSA) is 26.0 Å². The predicted molar refractivity (Wildman–Crippen MR) is 60.9 cm³/mol. The van der Waals surface area contributed by atoms with Gasteiger partial charge in [0.15, 0.2) is 0 Å². The second kappa shape index (κ2) is 3.37. The van der Waals surface area contributed by atoms with Crippen molar-refractivity contribution < 1.29 is 0 Å². The van der Waals surface area contributed by atoms with Gasteiger partial charge in [-0.15, -0.1) is 11.3 Å². The van der Waals surface area contributed by atoms with Crippen molar-refractivity contribution in [3.05, 3.63) is 20.8 Å². The number of hydrogen-bond donors (Lipinski definition) is 1. The number of thiophene rings is 1. The Labute approximate surface area is 91.5 Å². The second-order valence-electron chi connectivity index (χ2n) is 3.83. The molecule has 0 bridgehead atoms. The van der Waals surface area contributed by atoms with Crippen LogP contribution in [0.15, 0.2) is 15.9 Å². The molecule has 0 aliphatic heterocycles. The van der Waals surface area contributed by atoms with Crippen LogP contribution in [0.25, 0.3) is 0 Å². The Hall–Kier alpha value is 0.140. The highest BCUT2D eigenvalue weighted by Gasteiger charge is 2.52. The van der Waals surface area contributed by atoms with Crippen molar-refractivity contribution >= 4 is 27.3 Å². The van der Waals surface area contributed by atoms with Gasteiger partial charge in [-0.25, -0.2) is 0 Å². The largest absolute Gasteiger partial charge is 0.320 e. The van der Waals surface area contributed by atoms with Crippen LogP contribution in [-0.2, 0) is 5.54 Å². The minimum absolute atomic E-state index is 0.0205. The monoisotopic (exact) mass is 259 g/mol. The van der Waals surface area contributed by atoms with Crippen LogP contribution in [0, 0.1) is 5.92 Å². The number of halogens is 1. The molecule has 1 heterocycles. The average molecular weight is 260 g/mol. The molecule has 72 valence electrons. The predicted octanol–water partition coefficient (Wildman–Crippen LogP) is 3.48. The summed E-state index contributed by atoms with van der Waals surface area (Å²) >= 11 is 5.25. The van der Waals surface area contributed by atoms with Crippen LogP contribution in [0.2, 0.25) is 0 Å². The van der Waals surface area contributed by atoms with Crippen molar-refractivity contribution in [3.8, 4) is 0 Å². The molecule has 1 aromatic rings. The van der Waals surface area contributed by atoms with Crippen molar-refractivity contribution in [2.45, 2.75) is 31.7 Å². The number of nitrogens with two attached hydrogens (primary N) is 1. The Morgan fingerprint density at radius 2 is 2.46 bits per heavy atom. The van der Waals surface area contributed by atoms with E-state index in [4.69, 9.17) is 5.73 Å². The third kappa shape index (κ3) is 1.69. The van der Waals surface area contributed by atoms with E-state index in [0.29, 0.717) is 0 Å². The minimum atomic E-state index is 0.0205. The zero-order valence-electron chi connectivity index (χ0n) is 7.72. The second-order valence-corrected chi connectivity index (χ2v) is 6.30. The molecule has 0 amide bonds. The molecule has 2 unspecified atom stereocenters. The fraction of sp³-hybridized carbons (Fsp3) is 0.600. The van der Waals surface area contributed by atoms with Gasteiger partial charge in [0.05, 0.1) is 9.33 Å². The number of rotatable bonds is 3. The lowest BCUT2D eigenvalue weighted by atomic mass is 10.1. The van der Waals surface area contributed by atoms with Crippen LogP contribution in [0.4, 0.5) is 0 Å². The lowest BCUT2D eigenvalue weighted by molar-refractivity contribution is 0.591. The summed E-state index contributed by atoms with van der Waals surface area (Å²) in [6.45, 7) is 2.23. The number of hydrogen-bond acceptors (Lipinski definition) is 2. The van der Waals surface area contributed by atoms with Crippen LogP contribution < -0.4 is 5.73 Å². The summed E-state index contributed by atoms with van der Waals surface area (Å²) in [7, 11) is 0. The Balaban J connectivity index is 2.11. The quantitative estimate of drug-likeness (QED) is 0.884. The first-order valence-corrected chi connectivity index (χ1v) is 6.32. The van der Waals surface area contributed by atoms with Gasteiger partial charge < -0.3 is 5.73 Å². The van der Waals surface area contributed by atoms with Gasteiger partial charge >= 0.3 is 0 Å². The fourth-order valence-corrected chi connectivity index (χ4v) is 3.50. The Kier molecular flexibility index (Phi) is 2.51. The summed E-state index contributed by atoms with van der Waals surface area (Å²) in [6, 6.07) is 4.25. The van der Waals surface area contributed by atoms with E-state index in [0.717, 1.165) is 5.92 Å². The molecule has 0 saturated heterocycles. The molecule has 1 aliphatic carbocycles. The summed E-state index contributed by atoms with van der Waals surface area (Å²) in [4.78, 5) is 1.35. The summed E-state index contributed by atoms with van der Waals surface area (Å²) < 4.78 is 1.19. The van der Waals surface area contributed by atoms with Crippen molar-refractivity contribution in [1.82, 2.24) is 0 Å². The summed E-state index contributed by atoms with van der Waals surface area (Å²) in [5, 5.41) is 0. The van der Waals surface area contributed by atoms with Crippen LogP contribution in [0.3, 0.4) is 0 Å². The Morgan fingerprint density at radius 1 is 1.69 bits per heavy atom. The molecule has 1 fully saturated rings. The fourth-order valence-electron chi connectivity index (χ4n) is 1.92. The molecule has 1 aromatic heterocycles. The summed E-state index contributed by atoms with van der Waals surface area (Å²) in [5.74, 6) is 0.725. The minimum Gasteiger partial charge on any atom is -0.320 e. The van der Waals surface area contributed by atoms with E-state index in [1.54, 1.807) is 11.3 Å². The standard InChI is InChI=1S/C10H14BrNS/c1-2-3-7-6-10(7,12)8-4-5-9(11)13-8/h4-5,7H,2-3,6,12H2,1H3. The summed E-state index contributed by atoms with van der Waals surface area (Å²) in [6.07, 6.45) is 3.69. The van der Waals surface area contributed by atoms with E-state index in [9.17, 15) is 0 Å². The molecule has 2 N–H and O–H groups in total. The first-order valence-electron chi connectivity index (χ1n) is 4.71. The normalized spacial score (nSPS) is 32.1. The molecular formula is C10H14BrNS. The molecule has 0 aromatic carbocycles. The molecule has 3 heteroatoms. The molecular weight excluding hydrogens is 246 g/mol. The van der Waals surface area contributed by atoms with Crippen LogP contribution in [0.5, 0.6) is 0 Å². The summed E-state index contributed by atoms with van der Waals surface area (Å²) in [5.41, 5.74) is 6.32. The van der Waals surface area contributed by atoms with Crippen molar-refractivity contribution in [2.75, 3.05) is 0 Å². The Morgan fingerprint density at radius 3 is 3.00 bits per heavy atom. The zero-order valence-corrected chi connectivity index (χ0v) is 10.1. The van der Waals surface area contributed by atoms with Gasteiger partial charge in [0.1, 0.15) is 0 Å². The van der Waals surface area contributed by atoms with Crippen molar-refractivity contribution in [3.63, 3.8) is 0 Å². The average Bonchev–Trinajstić information content (AvgIpc) is 2.57. The van der Waals surface area contributed by atoms with Crippen LogP contribution in [-0.4, -0.2) is 0 Å². The zero-order chi connectivity index (χ0) is 9.47. The molecule has 0 radical (unpaired) electrons. The first kappa shape index (κ1) is 9.69. The van der Waals surface area contributed by atoms with Crippen LogP contribution >= 0.6 is 27.3 Å². The van der Waals surface area contributed by atoms with Gasteiger partial charge in [0, 0.05) is 4.88 Å². The third-order valence-electron chi connectivity index (χ3n) is 2.82. The van der Waals surface area contributed by atoms with Gasteiger partial charge in [-0.05, 0) is 46.8 Å². The van der Waals surface area contributed by atoms with E-state index in [1.165, 1.54) is 27.9 Å². The van der Waals surface area contributed by atoms with Gasteiger partial charge in [-0.3, -0.25) is 0 Å².